The van der Waals surface area contributed by atoms with Crippen LogP contribution in [-0.2, 0) is 0 Å². The maximum Gasteiger partial charge on any atom is 0.0596 e. The lowest BCUT2D eigenvalue weighted by Crippen LogP contribution is -2.15. The van der Waals surface area contributed by atoms with Crippen molar-refractivity contribution in [1.29, 1.82) is 0 Å². The first-order valence-electron chi connectivity index (χ1n) is 7.37. The average Bonchev–Trinajstić information content (AvgIpc) is 2.37. The van der Waals surface area contributed by atoms with Gasteiger partial charge in [0.05, 0.1) is 17.4 Å². The zero-order valence-corrected chi connectivity index (χ0v) is 13.9. The summed E-state index contributed by atoms with van der Waals surface area (Å²) in [5.41, 5.74) is 7.11. The number of aryl methyl sites for hydroxylation is 3. The molecule has 1 unspecified atom stereocenters. The molecule has 0 saturated carbocycles. The fraction of sp³-hybridized carbons (Fsp3) is 0.389. The van der Waals surface area contributed by atoms with Gasteiger partial charge in [-0.3, -0.25) is 4.98 Å². The first-order valence-corrected chi connectivity index (χ1v) is 7.37. The molecule has 0 aliphatic carbocycles. The Balaban J connectivity index is 2.33. The molecule has 112 valence electrons. The normalized spacial score (nSPS) is 12.1. The van der Waals surface area contributed by atoms with Crippen LogP contribution in [0.4, 0.5) is 11.4 Å². The molecule has 0 aliphatic heterocycles. The average molecular weight is 283 g/mol. The number of aromatic nitrogens is 1. The molecule has 1 heterocycles. The van der Waals surface area contributed by atoms with E-state index < -0.39 is 0 Å². The summed E-state index contributed by atoms with van der Waals surface area (Å²) in [5, 5.41) is 3.63. The lowest BCUT2D eigenvalue weighted by atomic mass is 10.00. The van der Waals surface area contributed by atoms with E-state index in [1.807, 2.05) is 6.92 Å². The first-order chi connectivity index (χ1) is 9.90. The topological polar surface area (TPSA) is 28.2 Å². The predicted molar refractivity (Wildman–Crippen MR) is 91.3 cm³/mol. The summed E-state index contributed by atoms with van der Waals surface area (Å²) in [7, 11) is 4.13. The molecule has 2 aromatic rings. The number of pyridine rings is 1. The maximum absolute atomic E-state index is 4.60. The third-order valence-electron chi connectivity index (χ3n) is 3.77. The molecular weight excluding hydrogens is 258 g/mol. The highest BCUT2D eigenvalue weighted by atomic mass is 15.1. The van der Waals surface area contributed by atoms with Crippen LogP contribution in [0.1, 0.15) is 35.5 Å². The lowest BCUT2D eigenvalue weighted by molar-refractivity contribution is 0.842. The van der Waals surface area contributed by atoms with Gasteiger partial charge >= 0.3 is 0 Å². The molecule has 1 aromatic carbocycles. The minimum atomic E-state index is 0.221. The first kappa shape index (κ1) is 15.4. The zero-order chi connectivity index (χ0) is 15.6. The molecule has 0 saturated heterocycles. The number of para-hydroxylation sites is 2. The van der Waals surface area contributed by atoms with Crippen LogP contribution in [0.5, 0.6) is 0 Å². The van der Waals surface area contributed by atoms with Crippen molar-refractivity contribution in [2.75, 3.05) is 24.3 Å². The van der Waals surface area contributed by atoms with Gasteiger partial charge in [-0.2, -0.15) is 0 Å². The van der Waals surface area contributed by atoms with Crippen LogP contribution in [0.15, 0.2) is 30.3 Å². The molecule has 0 bridgehead atoms. The predicted octanol–water partition coefficient (Wildman–Crippen LogP) is 4.25. The van der Waals surface area contributed by atoms with Gasteiger partial charge in [-0.25, -0.2) is 0 Å². The van der Waals surface area contributed by atoms with Gasteiger partial charge in [0, 0.05) is 25.5 Å². The van der Waals surface area contributed by atoms with Crippen molar-refractivity contribution < 1.29 is 0 Å². The molecule has 0 radical (unpaired) electrons. The second kappa shape index (κ2) is 6.17. The van der Waals surface area contributed by atoms with Crippen molar-refractivity contribution in [3.63, 3.8) is 0 Å². The van der Waals surface area contributed by atoms with Crippen molar-refractivity contribution in [3.8, 4) is 0 Å². The van der Waals surface area contributed by atoms with Gasteiger partial charge in [-0.05, 0) is 57.0 Å². The zero-order valence-electron chi connectivity index (χ0n) is 13.9. The standard InChI is InChI=1S/C18H25N3/c1-12-11-13(2)19-14(3)18(12)15(4)20-16-9-7-8-10-17(16)21(5)6/h7-11,15,20H,1-6H3. The van der Waals surface area contributed by atoms with E-state index in [2.05, 4.69) is 80.4 Å². The Morgan fingerprint density at radius 1 is 1.10 bits per heavy atom. The quantitative estimate of drug-likeness (QED) is 0.909. The number of nitrogens with zero attached hydrogens (tertiary/aromatic N) is 2. The van der Waals surface area contributed by atoms with E-state index in [0.717, 1.165) is 17.1 Å². The summed E-state index contributed by atoms with van der Waals surface area (Å²) in [6, 6.07) is 10.8. The Hall–Kier alpha value is -2.03. The van der Waals surface area contributed by atoms with Crippen molar-refractivity contribution in [2.24, 2.45) is 0 Å². The van der Waals surface area contributed by atoms with Crippen LogP contribution < -0.4 is 10.2 Å². The molecule has 0 spiro atoms. The van der Waals surface area contributed by atoms with E-state index in [1.165, 1.54) is 16.8 Å². The fourth-order valence-electron chi connectivity index (χ4n) is 2.98. The van der Waals surface area contributed by atoms with Gasteiger partial charge in [0.15, 0.2) is 0 Å². The third-order valence-corrected chi connectivity index (χ3v) is 3.77. The van der Waals surface area contributed by atoms with Gasteiger partial charge in [0.25, 0.3) is 0 Å². The summed E-state index contributed by atoms with van der Waals surface area (Å²) >= 11 is 0. The molecular formula is C18H25N3. The number of nitrogens with one attached hydrogen (secondary N) is 1. The minimum absolute atomic E-state index is 0.221. The molecule has 1 aromatic heterocycles. The summed E-state index contributed by atoms with van der Waals surface area (Å²) in [6.45, 7) is 8.49. The molecule has 0 fully saturated rings. The Morgan fingerprint density at radius 2 is 1.76 bits per heavy atom. The maximum atomic E-state index is 4.60. The molecule has 21 heavy (non-hydrogen) atoms. The van der Waals surface area contributed by atoms with Crippen molar-refractivity contribution in [1.82, 2.24) is 4.98 Å². The number of anilines is 2. The number of rotatable bonds is 4. The van der Waals surface area contributed by atoms with Gasteiger partial charge in [0.1, 0.15) is 0 Å². The van der Waals surface area contributed by atoms with Gasteiger partial charge < -0.3 is 10.2 Å². The van der Waals surface area contributed by atoms with Crippen LogP contribution in [-0.4, -0.2) is 19.1 Å². The fourth-order valence-corrected chi connectivity index (χ4v) is 2.98. The SMILES string of the molecule is Cc1cc(C)c(C(C)Nc2ccccc2N(C)C)c(C)n1. The number of hydrogen-bond acceptors (Lipinski definition) is 3. The summed E-state index contributed by atoms with van der Waals surface area (Å²) in [4.78, 5) is 6.73. The second-order valence-corrected chi connectivity index (χ2v) is 5.86. The molecule has 0 amide bonds. The smallest absolute Gasteiger partial charge is 0.0596 e. The van der Waals surface area contributed by atoms with Crippen molar-refractivity contribution in [2.45, 2.75) is 33.7 Å². The van der Waals surface area contributed by atoms with E-state index in [9.17, 15) is 0 Å². The van der Waals surface area contributed by atoms with E-state index in [1.54, 1.807) is 0 Å². The van der Waals surface area contributed by atoms with Crippen LogP contribution in [0, 0.1) is 20.8 Å². The van der Waals surface area contributed by atoms with E-state index >= 15 is 0 Å². The Morgan fingerprint density at radius 3 is 2.38 bits per heavy atom. The van der Waals surface area contributed by atoms with Crippen LogP contribution in [0.2, 0.25) is 0 Å². The molecule has 2 rings (SSSR count). The summed E-state index contributed by atoms with van der Waals surface area (Å²) in [6.07, 6.45) is 0. The second-order valence-electron chi connectivity index (χ2n) is 5.86. The van der Waals surface area contributed by atoms with Crippen LogP contribution in [0.3, 0.4) is 0 Å². The molecule has 0 aliphatic rings. The largest absolute Gasteiger partial charge is 0.377 e. The molecule has 1 atom stereocenters. The summed E-state index contributed by atoms with van der Waals surface area (Å²) < 4.78 is 0. The third kappa shape index (κ3) is 3.35. The Kier molecular flexibility index (Phi) is 4.51. The minimum Gasteiger partial charge on any atom is -0.377 e. The molecule has 1 N–H and O–H groups in total. The van der Waals surface area contributed by atoms with Crippen molar-refractivity contribution >= 4 is 11.4 Å². The Labute approximate surface area is 128 Å². The van der Waals surface area contributed by atoms with Crippen LogP contribution in [0.25, 0.3) is 0 Å². The van der Waals surface area contributed by atoms with E-state index in [0.29, 0.717) is 0 Å². The van der Waals surface area contributed by atoms with Gasteiger partial charge in [-0.1, -0.05) is 12.1 Å². The van der Waals surface area contributed by atoms with E-state index in [4.69, 9.17) is 0 Å². The lowest BCUT2D eigenvalue weighted by Gasteiger charge is -2.24. The monoisotopic (exact) mass is 283 g/mol. The van der Waals surface area contributed by atoms with Crippen molar-refractivity contribution in [3.05, 3.63) is 52.8 Å². The highest BCUT2D eigenvalue weighted by Crippen LogP contribution is 2.30. The van der Waals surface area contributed by atoms with E-state index in [-0.39, 0.29) is 6.04 Å². The molecule has 3 nitrogen and oxygen atoms in total. The summed E-state index contributed by atoms with van der Waals surface area (Å²) in [5.74, 6) is 0. The number of hydrogen-bond donors (Lipinski definition) is 1. The number of benzene rings is 1. The van der Waals surface area contributed by atoms with Crippen LogP contribution >= 0.6 is 0 Å². The van der Waals surface area contributed by atoms with Gasteiger partial charge in [0.2, 0.25) is 0 Å². The van der Waals surface area contributed by atoms with Gasteiger partial charge in [-0.15, -0.1) is 0 Å². The molecule has 3 heteroatoms. The Bertz CT molecular complexity index is 609. The highest BCUT2D eigenvalue weighted by molar-refractivity contribution is 5.70. The highest BCUT2D eigenvalue weighted by Gasteiger charge is 2.14.